The fourth-order valence-corrected chi connectivity index (χ4v) is 1.31. The predicted octanol–water partition coefficient (Wildman–Crippen LogP) is 2.69. The Labute approximate surface area is 92.9 Å². The van der Waals surface area contributed by atoms with Gasteiger partial charge in [-0.3, -0.25) is 0 Å². The Morgan fingerprint density at radius 3 is 2.47 bits per heavy atom. The van der Waals surface area contributed by atoms with E-state index in [1.54, 1.807) is 0 Å². The van der Waals surface area contributed by atoms with Gasteiger partial charge in [0, 0.05) is 5.56 Å². The fourth-order valence-electron chi connectivity index (χ4n) is 1.22. The van der Waals surface area contributed by atoms with Gasteiger partial charge in [-0.25, -0.2) is 9.97 Å². The Bertz CT molecular complexity index is 480. The molecule has 0 aliphatic rings. The van der Waals surface area contributed by atoms with Crippen LogP contribution < -0.4 is 5.73 Å². The van der Waals surface area contributed by atoms with Crippen molar-refractivity contribution in [3.8, 4) is 11.4 Å². The van der Waals surface area contributed by atoms with E-state index < -0.39 is 0 Å². The number of benzene rings is 1. The number of hydrogen-bond acceptors (Lipinski definition) is 3. The largest absolute Gasteiger partial charge is 0.382 e. The van der Waals surface area contributed by atoms with Crippen molar-refractivity contribution < 1.29 is 0 Å². The van der Waals surface area contributed by atoms with Gasteiger partial charge in [-0.15, -0.1) is 0 Å². The van der Waals surface area contributed by atoms with E-state index in [9.17, 15) is 0 Å². The van der Waals surface area contributed by atoms with Crippen LogP contribution in [0.15, 0.2) is 30.5 Å². The molecule has 1 heterocycles. The van der Waals surface area contributed by atoms with Crippen LogP contribution in [0.25, 0.3) is 11.4 Å². The Balaban J connectivity index is 2.45. The highest BCUT2D eigenvalue weighted by molar-refractivity contribution is 6.32. The van der Waals surface area contributed by atoms with E-state index in [-0.39, 0.29) is 0 Å². The second-order valence-corrected chi connectivity index (χ2v) is 3.70. The second kappa shape index (κ2) is 3.87. The lowest BCUT2D eigenvalue weighted by atomic mass is 10.1. The van der Waals surface area contributed by atoms with Crippen LogP contribution in [0.2, 0.25) is 5.02 Å². The molecule has 0 aliphatic heterocycles. The molecule has 0 bridgehead atoms. The lowest BCUT2D eigenvalue weighted by Crippen LogP contribution is -1.96. The molecule has 0 radical (unpaired) electrons. The Kier molecular flexibility index (Phi) is 2.56. The van der Waals surface area contributed by atoms with Crippen molar-refractivity contribution in [2.24, 2.45) is 0 Å². The predicted molar refractivity (Wildman–Crippen MR) is 61.6 cm³/mol. The van der Waals surface area contributed by atoms with Gasteiger partial charge in [0.2, 0.25) is 0 Å². The van der Waals surface area contributed by atoms with Crippen LogP contribution in [-0.2, 0) is 0 Å². The highest BCUT2D eigenvalue weighted by Crippen LogP contribution is 2.20. The summed E-state index contributed by atoms with van der Waals surface area (Å²) in [4.78, 5) is 8.22. The first-order valence-corrected chi connectivity index (χ1v) is 4.89. The highest BCUT2D eigenvalue weighted by Gasteiger charge is 2.03. The summed E-state index contributed by atoms with van der Waals surface area (Å²) >= 11 is 5.74. The smallest absolute Gasteiger partial charge is 0.161 e. The van der Waals surface area contributed by atoms with E-state index in [0.29, 0.717) is 16.7 Å². The molecule has 0 aliphatic carbocycles. The number of rotatable bonds is 1. The normalized spacial score (nSPS) is 10.3. The molecule has 0 saturated heterocycles. The summed E-state index contributed by atoms with van der Waals surface area (Å²) in [5.74, 6) is 0.902. The fraction of sp³-hybridized carbons (Fsp3) is 0.0909. The van der Waals surface area contributed by atoms with E-state index in [1.165, 1.54) is 11.8 Å². The lowest BCUT2D eigenvalue weighted by Gasteiger charge is -2.02. The number of hydrogen-bond donors (Lipinski definition) is 1. The van der Waals surface area contributed by atoms with Crippen molar-refractivity contribution in [1.82, 2.24) is 9.97 Å². The topological polar surface area (TPSA) is 51.8 Å². The van der Waals surface area contributed by atoms with Gasteiger partial charge in [-0.1, -0.05) is 41.4 Å². The van der Waals surface area contributed by atoms with Crippen LogP contribution in [0.4, 0.5) is 5.82 Å². The van der Waals surface area contributed by atoms with Crippen molar-refractivity contribution in [1.29, 1.82) is 0 Å². The maximum Gasteiger partial charge on any atom is 0.161 e. The first-order chi connectivity index (χ1) is 7.16. The molecule has 0 fully saturated rings. The van der Waals surface area contributed by atoms with E-state index in [1.807, 2.05) is 31.2 Å². The van der Waals surface area contributed by atoms with Gasteiger partial charge in [-0.05, 0) is 6.92 Å². The standard InChI is InChI=1S/C11H10ClN3/c1-7-2-4-8(5-3-7)11-14-6-9(12)10(13)15-11/h2-6H,1H3,(H2,13,14,15). The number of nitrogen functional groups attached to an aromatic ring is 1. The van der Waals surface area contributed by atoms with E-state index >= 15 is 0 Å². The summed E-state index contributed by atoms with van der Waals surface area (Å²) in [5, 5.41) is 0.380. The molecule has 1 aromatic carbocycles. The summed E-state index contributed by atoms with van der Waals surface area (Å²) in [6.45, 7) is 2.03. The molecule has 15 heavy (non-hydrogen) atoms. The molecule has 0 unspecified atom stereocenters. The number of halogens is 1. The molecular formula is C11H10ClN3. The van der Waals surface area contributed by atoms with Gasteiger partial charge in [0.1, 0.15) is 10.8 Å². The molecule has 4 heteroatoms. The van der Waals surface area contributed by atoms with Gasteiger partial charge < -0.3 is 5.73 Å². The van der Waals surface area contributed by atoms with Crippen molar-refractivity contribution in [2.75, 3.05) is 5.73 Å². The number of anilines is 1. The minimum atomic E-state index is 0.308. The van der Waals surface area contributed by atoms with E-state index in [2.05, 4.69) is 9.97 Å². The Morgan fingerprint density at radius 1 is 1.20 bits per heavy atom. The van der Waals surface area contributed by atoms with Crippen molar-refractivity contribution >= 4 is 17.4 Å². The van der Waals surface area contributed by atoms with E-state index in [0.717, 1.165) is 5.56 Å². The molecule has 3 nitrogen and oxygen atoms in total. The van der Waals surface area contributed by atoms with Crippen molar-refractivity contribution in [3.05, 3.63) is 41.0 Å². The molecule has 2 aromatic rings. The molecule has 0 spiro atoms. The zero-order chi connectivity index (χ0) is 10.8. The highest BCUT2D eigenvalue weighted by atomic mass is 35.5. The third-order valence-corrected chi connectivity index (χ3v) is 2.37. The summed E-state index contributed by atoms with van der Waals surface area (Å²) in [7, 11) is 0. The summed E-state index contributed by atoms with van der Waals surface area (Å²) in [6.07, 6.45) is 1.51. The zero-order valence-corrected chi connectivity index (χ0v) is 8.99. The minimum Gasteiger partial charge on any atom is -0.382 e. The quantitative estimate of drug-likeness (QED) is 0.802. The maximum atomic E-state index is 5.74. The van der Waals surface area contributed by atoms with Crippen molar-refractivity contribution in [2.45, 2.75) is 6.92 Å². The number of nitrogens with two attached hydrogens (primary N) is 1. The molecule has 2 rings (SSSR count). The number of aromatic nitrogens is 2. The molecular weight excluding hydrogens is 210 g/mol. The maximum absolute atomic E-state index is 5.74. The number of nitrogens with zero attached hydrogens (tertiary/aromatic N) is 2. The monoisotopic (exact) mass is 219 g/mol. The zero-order valence-electron chi connectivity index (χ0n) is 8.24. The molecule has 76 valence electrons. The second-order valence-electron chi connectivity index (χ2n) is 3.29. The average molecular weight is 220 g/mol. The number of aryl methyl sites for hydroxylation is 1. The van der Waals surface area contributed by atoms with Crippen LogP contribution in [0, 0.1) is 6.92 Å². The SMILES string of the molecule is Cc1ccc(-c2ncc(Cl)c(N)n2)cc1. The summed E-state index contributed by atoms with van der Waals surface area (Å²) in [6, 6.07) is 7.92. The van der Waals surface area contributed by atoms with Crippen LogP contribution in [0.5, 0.6) is 0 Å². The molecule has 0 atom stereocenters. The van der Waals surface area contributed by atoms with Crippen LogP contribution in [-0.4, -0.2) is 9.97 Å². The van der Waals surface area contributed by atoms with Crippen molar-refractivity contribution in [3.63, 3.8) is 0 Å². The molecule has 1 aromatic heterocycles. The molecule has 2 N–H and O–H groups in total. The van der Waals surface area contributed by atoms with Gasteiger partial charge in [0.25, 0.3) is 0 Å². The molecule has 0 amide bonds. The van der Waals surface area contributed by atoms with Crippen LogP contribution in [0.1, 0.15) is 5.56 Å². The minimum absolute atomic E-state index is 0.308. The lowest BCUT2D eigenvalue weighted by molar-refractivity contribution is 1.18. The van der Waals surface area contributed by atoms with Gasteiger partial charge in [0.15, 0.2) is 5.82 Å². The first-order valence-electron chi connectivity index (χ1n) is 4.52. The average Bonchev–Trinajstić information content (AvgIpc) is 2.23. The van der Waals surface area contributed by atoms with Gasteiger partial charge in [-0.2, -0.15) is 0 Å². The van der Waals surface area contributed by atoms with E-state index in [4.69, 9.17) is 17.3 Å². The Hall–Kier alpha value is -1.61. The third kappa shape index (κ3) is 2.07. The first kappa shape index (κ1) is 9.93. The summed E-state index contributed by atoms with van der Waals surface area (Å²) in [5.41, 5.74) is 7.73. The van der Waals surface area contributed by atoms with Gasteiger partial charge in [0.05, 0.1) is 6.20 Å². The van der Waals surface area contributed by atoms with Crippen LogP contribution >= 0.6 is 11.6 Å². The van der Waals surface area contributed by atoms with Crippen LogP contribution in [0.3, 0.4) is 0 Å². The summed E-state index contributed by atoms with van der Waals surface area (Å²) < 4.78 is 0. The molecule has 0 saturated carbocycles. The van der Waals surface area contributed by atoms with Gasteiger partial charge >= 0.3 is 0 Å². The third-order valence-electron chi connectivity index (χ3n) is 2.08. The Morgan fingerprint density at radius 2 is 1.87 bits per heavy atom.